The lowest BCUT2D eigenvalue weighted by Crippen LogP contribution is -2.57. The van der Waals surface area contributed by atoms with Gasteiger partial charge in [-0.3, -0.25) is 4.90 Å². The zero-order valence-corrected chi connectivity index (χ0v) is 20.2. The van der Waals surface area contributed by atoms with E-state index < -0.39 is 35.5 Å². The number of hydrogen-bond donors (Lipinski definition) is 0. The number of halogens is 6. The van der Waals surface area contributed by atoms with E-state index in [1.165, 1.54) is 6.07 Å². The third-order valence-electron chi connectivity index (χ3n) is 7.22. The summed E-state index contributed by atoms with van der Waals surface area (Å²) in [6, 6.07) is 23.9. The van der Waals surface area contributed by atoms with Crippen molar-refractivity contribution in [3.8, 4) is 0 Å². The summed E-state index contributed by atoms with van der Waals surface area (Å²) in [5.74, 6) is 0. The van der Waals surface area contributed by atoms with E-state index in [4.69, 9.17) is 4.74 Å². The van der Waals surface area contributed by atoms with E-state index in [-0.39, 0.29) is 0 Å². The van der Waals surface area contributed by atoms with Gasteiger partial charge in [0, 0.05) is 17.5 Å². The zero-order chi connectivity index (χ0) is 26.6. The third kappa shape index (κ3) is 5.70. The molecule has 2 nitrogen and oxygen atoms in total. The monoisotopic (exact) mass is 521 g/mol. The van der Waals surface area contributed by atoms with Crippen LogP contribution in [-0.4, -0.2) is 36.9 Å². The van der Waals surface area contributed by atoms with E-state index in [2.05, 4.69) is 4.90 Å². The van der Waals surface area contributed by atoms with Crippen LogP contribution in [0, 0.1) is 0 Å². The van der Waals surface area contributed by atoms with Crippen LogP contribution in [-0.2, 0) is 22.3 Å². The van der Waals surface area contributed by atoms with Gasteiger partial charge in [0.2, 0.25) is 0 Å². The highest BCUT2D eigenvalue weighted by Crippen LogP contribution is 2.54. The molecule has 198 valence electrons. The van der Waals surface area contributed by atoms with Crippen LogP contribution in [0.2, 0.25) is 0 Å². The minimum atomic E-state index is -5.71. The SMILES string of the molecule is FC(F)(F)C(OCC1(c2ccccc2)CCCN(Cc2ccccc2)CC1)(c1ccccc1)C(F)(F)F. The Labute approximate surface area is 212 Å². The number of likely N-dealkylation sites (tertiary alicyclic amines) is 1. The molecule has 0 aromatic heterocycles. The smallest absolute Gasteiger partial charge is 0.353 e. The van der Waals surface area contributed by atoms with Crippen molar-refractivity contribution in [2.45, 2.75) is 49.2 Å². The zero-order valence-electron chi connectivity index (χ0n) is 20.2. The van der Waals surface area contributed by atoms with Crippen LogP contribution in [0.1, 0.15) is 36.0 Å². The minimum Gasteiger partial charge on any atom is -0.353 e. The maximum Gasteiger partial charge on any atom is 0.430 e. The van der Waals surface area contributed by atoms with Crippen LogP contribution in [0.5, 0.6) is 0 Å². The number of rotatable bonds is 7. The molecule has 0 radical (unpaired) electrons. The summed E-state index contributed by atoms with van der Waals surface area (Å²) in [5.41, 5.74) is -4.63. The molecular formula is C29H29F6NO. The molecule has 0 saturated carbocycles. The largest absolute Gasteiger partial charge is 0.430 e. The molecule has 0 aliphatic carbocycles. The topological polar surface area (TPSA) is 12.5 Å². The summed E-state index contributed by atoms with van der Waals surface area (Å²) in [5, 5.41) is 0. The van der Waals surface area contributed by atoms with Gasteiger partial charge in [0.15, 0.2) is 0 Å². The average molecular weight is 522 g/mol. The molecule has 1 heterocycles. The number of nitrogens with zero attached hydrogens (tertiary/aromatic N) is 1. The van der Waals surface area contributed by atoms with Gasteiger partial charge >= 0.3 is 12.4 Å². The first kappa shape index (κ1) is 27.2. The molecule has 1 aliphatic rings. The second kappa shape index (κ2) is 10.9. The number of hydrogen-bond acceptors (Lipinski definition) is 2. The van der Waals surface area contributed by atoms with Crippen LogP contribution in [0.15, 0.2) is 91.0 Å². The molecule has 37 heavy (non-hydrogen) atoms. The summed E-state index contributed by atoms with van der Waals surface area (Å²) in [6.45, 7) is 1.14. The fraction of sp³-hybridized carbons (Fsp3) is 0.379. The summed E-state index contributed by atoms with van der Waals surface area (Å²) in [7, 11) is 0. The van der Waals surface area contributed by atoms with Crippen LogP contribution in [0.3, 0.4) is 0 Å². The number of ether oxygens (including phenoxy) is 1. The predicted octanol–water partition coefficient (Wildman–Crippen LogP) is 7.65. The number of alkyl halides is 6. The lowest BCUT2D eigenvalue weighted by atomic mass is 9.75. The van der Waals surface area contributed by atoms with Crippen molar-refractivity contribution < 1.29 is 31.1 Å². The fourth-order valence-electron chi connectivity index (χ4n) is 5.21. The highest BCUT2D eigenvalue weighted by Gasteiger charge is 2.73. The maximum absolute atomic E-state index is 14.4. The van der Waals surface area contributed by atoms with Crippen molar-refractivity contribution in [1.82, 2.24) is 4.90 Å². The highest BCUT2D eigenvalue weighted by molar-refractivity contribution is 5.29. The molecule has 4 rings (SSSR count). The Morgan fingerprint density at radius 1 is 0.676 bits per heavy atom. The molecule has 1 unspecified atom stereocenters. The van der Waals surface area contributed by atoms with E-state index in [0.29, 0.717) is 44.5 Å². The second-order valence-corrected chi connectivity index (χ2v) is 9.59. The molecule has 1 atom stereocenters. The molecule has 0 spiro atoms. The van der Waals surface area contributed by atoms with Gasteiger partial charge < -0.3 is 4.74 Å². The summed E-state index contributed by atoms with van der Waals surface area (Å²) >= 11 is 0. The third-order valence-corrected chi connectivity index (χ3v) is 7.22. The summed E-state index contributed by atoms with van der Waals surface area (Å²) in [4.78, 5) is 2.19. The lowest BCUT2D eigenvalue weighted by Gasteiger charge is -2.41. The van der Waals surface area contributed by atoms with Gasteiger partial charge in [-0.05, 0) is 43.5 Å². The highest BCUT2D eigenvalue weighted by atomic mass is 19.4. The molecular weight excluding hydrogens is 492 g/mol. The predicted molar refractivity (Wildman–Crippen MR) is 130 cm³/mol. The average Bonchev–Trinajstić information content (AvgIpc) is 3.07. The first-order valence-corrected chi connectivity index (χ1v) is 12.2. The van der Waals surface area contributed by atoms with E-state index in [1.807, 2.05) is 30.3 Å². The molecule has 0 bridgehead atoms. The van der Waals surface area contributed by atoms with Crippen LogP contribution >= 0.6 is 0 Å². The quantitative estimate of drug-likeness (QED) is 0.296. The molecule has 0 N–H and O–H groups in total. The Bertz CT molecular complexity index is 1100. The minimum absolute atomic E-state index is 0.366. The molecule has 3 aromatic carbocycles. The van der Waals surface area contributed by atoms with Crippen molar-refractivity contribution in [3.05, 3.63) is 108 Å². The Kier molecular flexibility index (Phi) is 7.99. The van der Waals surface area contributed by atoms with Crippen molar-refractivity contribution in [2.24, 2.45) is 0 Å². The van der Waals surface area contributed by atoms with E-state index >= 15 is 0 Å². The van der Waals surface area contributed by atoms with Gasteiger partial charge in [-0.1, -0.05) is 91.0 Å². The van der Waals surface area contributed by atoms with Crippen LogP contribution < -0.4 is 0 Å². The molecule has 0 amide bonds. The first-order valence-electron chi connectivity index (χ1n) is 12.2. The lowest BCUT2D eigenvalue weighted by molar-refractivity contribution is -0.392. The van der Waals surface area contributed by atoms with Gasteiger partial charge in [-0.25, -0.2) is 0 Å². The first-order chi connectivity index (χ1) is 17.6. The van der Waals surface area contributed by atoms with Gasteiger partial charge in [0.1, 0.15) is 0 Å². The van der Waals surface area contributed by atoms with Crippen molar-refractivity contribution in [2.75, 3.05) is 19.7 Å². The molecule has 8 heteroatoms. The van der Waals surface area contributed by atoms with E-state index in [0.717, 1.165) is 29.8 Å². The second-order valence-electron chi connectivity index (χ2n) is 9.59. The van der Waals surface area contributed by atoms with Crippen molar-refractivity contribution >= 4 is 0 Å². The van der Waals surface area contributed by atoms with Gasteiger partial charge in [-0.15, -0.1) is 0 Å². The van der Waals surface area contributed by atoms with E-state index in [1.54, 1.807) is 30.3 Å². The standard InChI is InChI=1S/C29H29F6NO/c30-28(31,32)27(29(33,34)35,25-15-8-3-9-16-25)37-22-26(24-13-6-2-7-14-24)17-10-19-36(20-18-26)21-23-11-4-1-5-12-23/h1-9,11-16H,10,17-22H2. The Balaban J connectivity index is 1.68. The summed E-state index contributed by atoms with van der Waals surface area (Å²) in [6.07, 6.45) is -10.0. The maximum atomic E-state index is 14.4. The normalized spacial score (nSPS) is 19.9. The van der Waals surface area contributed by atoms with Gasteiger partial charge in [-0.2, -0.15) is 26.3 Å². The van der Waals surface area contributed by atoms with Gasteiger partial charge in [0.25, 0.3) is 5.60 Å². The summed E-state index contributed by atoms with van der Waals surface area (Å²) < 4.78 is 91.4. The van der Waals surface area contributed by atoms with Gasteiger partial charge in [0.05, 0.1) is 6.61 Å². The molecule has 3 aromatic rings. The molecule has 1 aliphatic heterocycles. The van der Waals surface area contributed by atoms with Crippen LogP contribution in [0.25, 0.3) is 0 Å². The Morgan fingerprint density at radius 2 is 1.22 bits per heavy atom. The molecule has 1 fully saturated rings. The van der Waals surface area contributed by atoms with Crippen molar-refractivity contribution in [3.63, 3.8) is 0 Å². The van der Waals surface area contributed by atoms with E-state index in [9.17, 15) is 26.3 Å². The van der Waals surface area contributed by atoms with Crippen molar-refractivity contribution in [1.29, 1.82) is 0 Å². The fourth-order valence-corrected chi connectivity index (χ4v) is 5.21. The van der Waals surface area contributed by atoms with Crippen LogP contribution in [0.4, 0.5) is 26.3 Å². The Hall–Kier alpha value is -2.84. The number of benzene rings is 3. The molecule has 1 saturated heterocycles. The Morgan fingerprint density at radius 3 is 1.78 bits per heavy atom.